The highest BCUT2D eigenvalue weighted by Crippen LogP contribution is 2.20. The fourth-order valence-electron chi connectivity index (χ4n) is 2.29. The molecule has 2 rings (SSSR count). The molecule has 0 spiro atoms. The molecule has 2 atom stereocenters. The Morgan fingerprint density at radius 2 is 1.94 bits per heavy atom. The predicted molar refractivity (Wildman–Crippen MR) is 70.6 cm³/mol. The zero-order valence-corrected chi connectivity index (χ0v) is 11.4. The quantitative estimate of drug-likeness (QED) is 0.873. The van der Waals surface area contributed by atoms with Crippen LogP contribution in [-0.4, -0.2) is 39.5 Å². The van der Waals surface area contributed by atoms with Crippen LogP contribution in [-0.2, 0) is 12.8 Å². The standard InChI is InChI=1S/C13H22N4O/c1-4-10-11(5-2)15-16-13(14-10)17-7-6-9(3)12(18)8-17/h9,12,18H,4-8H2,1-3H3. The number of aryl methyl sites for hydroxylation is 2. The number of aliphatic hydroxyl groups excluding tert-OH is 1. The number of anilines is 1. The average Bonchev–Trinajstić information content (AvgIpc) is 2.41. The van der Waals surface area contributed by atoms with Gasteiger partial charge in [0.2, 0.25) is 5.95 Å². The summed E-state index contributed by atoms with van der Waals surface area (Å²) in [4.78, 5) is 6.62. The van der Waals surface area contributed by atoms with Gasteiger partial charge in [-0.2, -0.15) is 5.10 Å². The molecule has 5 nitrogen and oxygen atoms in total. The van der Waals surface area contributed by atoms with Crippen molar-refractivity contribution in [1.82, 2.24) is 15.2 Å². The Hall–Kier alpha value is -1.23. The Labute approximate surface area is 108 Å². The third-order valence-electron chi connectivity index (χ3n) is 3.70. The first-order valence-electron chi connectivity index (χ1n) is 6.81. The van der Waals surface area contributed by atoms with Crippen LogP contribution in [0.3, 0.4) is 0 Å². The highest BCUT2D eigenvalue weighted by atomic mass is 16.3. The fourth-order valence-corrected chi connectivity index (χ4v) is 2.29. The molecule has 0 aliphatic carbocycles. The van der Waals surface area contributed by atoms with E-state index in [9.17, 15) is 5.11 Å². The summed E-state index contributed by atoms with van der Waals surface area (Å²) in [5.74, 6) is 1.02. The van der Waals surface area contributed by atoms with Crippen molar-refractivity contribution in [3.05, 3.63) is 11.4 Å². The van der Waals surface area contributed by atoms with Crippen molar-refractivity contribution in [2.45, 2.75) is 46.1 Å². The molecule has 0 saturated carbocycles. The van der Waals surface area contributed by atoms with E-state index in [4.69, 9.17) is 0 Å². The van der Waals surface area contributed by atoms with Crippen LogP contribution in [0.15, 0.2) is 0 Å². The SMILES string of the molecule is CCc1nnc(N2CCC(C)C(O)C2)nc1CC. The van der Waals surface area contributed by atoms with E-state index in [0.29, 0.717) is 18.4 Å². The van der Waals surface area contributed by atoms with Crippen LogP contribution in [0.2, 0.25) is 0 Å². The molecule has 0 amide bonds. The lowest BCUT2D eigenvalue weighted by atomic mass is 9.96. The van der Waals surface area contributed by atoms with Gasteiger partial charge in [0, 0.05) is 13.1 Å². The molecule has 1 aromatic heterocycles. The maximum absolute atomic E-state index is 9.92. The zero-order valence-electron chi connectivity index (χ0n) is 11.4. The van der Waals surface area contributed by atoms with Gasteiger partial charge in [0.25, 0.3) is 0 Å². The van der Waals surface area contributed by atoms with Crippen molar-refractivity contribution in [3.63, 3.8) is 0 Å². The topological polar surface area (TPSA) is 62.1 Å². The van der Waals surface area contributed by atoms with E-state index in [1.54, 1.807) is 0 Å². The fraction of sp³-hybridized carbons (Fsp3) is 0.769. The molecule has 5 heteroatoms. The van der Waals surface area contributed by atoms with Crippen LogP contribution in [0.5, 0.6) is 0 Å². The van der Waals surface area contributed by atoms with Gasteiger partial charge in [-0.15, -0.1) is 5.10 Å². The van der Waals surface area contributed by atoms with Gasteiger partial charge < -0.3 is 10.0 Å². The summed E-state index contributed by atoms with van der Waals surface area (Å²) in [6.45, 7) is 7.74. The minimum absolute atomic E-state index is 0.293. The number of aliphatic hydroxyl groups is 1. The molecular weight excluding hydrogens is 228 g/mol. The molecule has 0 radical (unpaired) electrons. The minimum Gasteiger partial charge on any atom is -0.391 e. The van der Waals surface area contributed by atoms with Crippen molar-refractivity contribution in [2.24, 2.45) is 5.92 Å². The average molecular weight is 250 g/mol. The monoisotopic (exact) mass is 250 g/mol. The van der Waals surface area contributed by atoms with Gasteiger partial charge in [-0.3, -0.25) is 0 Å². The Morgan fingerprint density at radius 1 is 1.22 bits per heavy atom. The molecule has 1 aliphatic rings. The van der Waals surface area contributed by atoms with Gasteiger partial charge >= 0.3 is 0 Å². The zero-order chi connectivity index (χ0) is 13.1. The van der Waals surface area contributed by atoms with Crippen molar-refractivity contribution >= 4 is 5.95 Å². The van der Waals surface area contributed by atoms with Gasteiger partial charge in [-0.05, 0) is 25.2 Å². The van der Waals surface area contributed by atoms with Gasteiger partial charge in [-0.25, -0.2) is 4.98 Å². The summed E-state index contributed by atoms with van der Waals surface area (Å²) in [6, 6.07) is 0. The van der Waals surface area contributed by atoms with Crippen LogP contribution >= 0.6 is 0 Å². The lowest BCUT2D eigenvalue weighted by molar-refractivity contribution is 0.102. The van der Waals surface area contributed by atoms with E-state index in [1.807, 2.05) is 4.90 Å². The lowest BCUT2D eigenvalue weighted by Crippen LogP contribution is -2.43. The molecule has 2 unspecified atom stereocenters. The molecule has 1 saturated heterocycles. The molecule has 1 N–H and O–H groups in total. The second-order valence-corrected chi connectivity index (χ2v) is 4.99. The summed E-state index contributed by atoms with van der Waals surface area (Å²) in [5, 5.41) is 18.4. The Kier molecular flexibility index (Phi) is 4.11. The normalized spacial score (nSPS) is 24.3. The molecule has 0 aromatic carbocycles. The van der Waals surface area contributed by atoms with Crippen molar-refractivity contribution in [2.75, 3.05) is 18.0 Å². The largest absolute Gasteiger partial charge is 0.391 e. The number of aromatic nitrogens is 3. The molecule has 1 aromatic rings. The predicted octanol–water partition coefficient (Wildman–Crippen LogP) is 1.20. The van der Waals surface area contributed by atoms with E-state index >= 15 is 0 Å². The van der Waals surface area contributed by atoms with Gasteiger partial charge in [0.15, 0.2) is 0 Å². The van der Waals surface area contributed by atoms with Crippen LogP contribution < -0.4 is 4.90 Å². The molecule has 100 valence electrons. The van der Waals surface area contributed by atoms with Crippen molar-refractivity contribution < 1.29 is 5.11 Å². The smallest absolute Gasteiger partial charge is 0.245 e. The van der Waals surface area contributed by atoms with E-state index in [-0.39, 0.29) is 6.10 Å². The summed E-state index contributed by atoms with van der Waals surface area (Å²) >= 11 is 0. The summed E-state index contributed by atoms with van der Waals surface area (Å²) in [6.07, 6.45) is 2.42. The maximum atomic E-state index is 9.92. The second kappa shape index (κ2) is 5.61. The molecule has 1 fully saturated rings. The summed E-state index contributed by atoms with van der Waals surface area (Å²) in [7, 11) is 0. The third-order valence-corrected chi connectivity index (χ3v) is 3.70. The Balaban J connectivity index is 2.18. The molecular formula is C13H22N4O. The lowest BCUT2D eigenvalue weighted by Gasteiger charge is -2.34. The van der Waals surface area contributed by atoms with Gasteiger partial charge in [-0.1, -0.05) is 20.8 Å². The number of piperidine rings is 1. The van der Waals surface area contributed by atoms with E-state index < -0.39 is 0 Å². The molecule has 1 aliphatic heterocycles. The minimum atomic E-state index is -0.293. The molecule has 0 bridgehead atoms. The van der Waals surface area contributed by atoms with Crippen molar-refractivity contribution in [1.29, 1.82) is 0 Å². The molecule has 18 heavy (non-hydrogen) atoms. The van der Waals surface area contributed by atoms with Crippen LogP contribution in [0.4, 0.5) is 5.95 Å². The Morgan fingerprint density at radius 3 is 2.56 bits per heavy atom. The van der Waals surface area contributed by atoms with E-state index in [2.05, 4.69) is 36.0 Å². The van der Waals surface area contributed by atoms with Gasteiger partial charge in [0.05, 0.1) is 17.5 Å². The highest BCUT2D eigenvalue weighted by Gasteiger charge is 2.26. The first kappa shape index (κ1) is 13.2. The number of hydrogen-bond acceptors (Lipinski definition) is 5. The first-order chi connectivity index (χ1) is 8.65. The number of nitrogens with zero attached hydrogens (tertiary/aromatic N) is 4. The van der Waals surface area contributed by atoms with Crippen LogP contribution in [0.25, 0.3) is 0 Å². The summed E-state index contributed by atoms with van der Waals surface area (Å²) in [5.41, 5.74) is 2.00. The number of β-amino-alcohol motifs (C(OH)–C–C–N with tert-alkyl or cyclic N) is 1. The third kappa shape index (κ3) is 2.61. The second-order valence-electron chi connectivity index (χ2n) is 4.99. The van der Waals surface area contributed by atoms with E-state index in [1.165, 1.54) is 0 Å². The van der Waals surface area contributed by atoms with Crippen LogP contribution in [0.1, 0.15) is 38.6 Å². The van der Waals surface area contributed by atoms with Crippen molar-refractivity contribution in [3.8, 4) is 0 Å². The number of rotatable bonds is 3. The highest BCUT2D eigenvalue weighted by molar-refractivity contribution is 5.31. The Bertz CT molecular complexity index is 410. The summed E-state index contributed by atoms with van der Waals surface area (Å²) < 4.78 is 0. The number of hydrogen-bond donors (Lipinski definition) is 1. The van der Waals surface area contributed by atoms with Gasteiger partial charge in [0.1, 0.15) is 0 Å². The molecule has 2 heterocycles. The van der Waals surface area contributed by atoms with E-state index in [0.717, 1.165) is 37.2 Å². The maximum Gasteiger partial charge on any atom is 0.245 e. The first-order valence-corrected chi connectivity index (χ1v) is 6.81. The van der Waals surface area contributed by atoms with Crippen LogP contribution in [0, 0.1) is 5.92 Å².